The van der Waals surface area contributed by atoms with Crippen LogP contribution >= 0.6 is 24.0 Å². The second-order valence-electron chi connectivity index (χ2n) is 7.98. The van der Waals surface area contributed by atoms with Gasteiger partial charge >= 0.3 is 0 Å². The SMILES string of the molecule is CC(C)NC(=NCC1CCS(=O)(=O)C1)NC1CCOC2(CCC2)C1.I. The van der Waals surface area contributed by atoms with Gasteiger partial charge in [0.15, 0.2) is 15.8 Å². The van der Waals surface area contributed by atoms with Crippen LogP contribution in [0.25, 0.3) is 0 Å². The molecule has 8 heteroatoms. The van der Waals surface area contributed by atoms with Crippen molar-refractivity contribution in [3.05, 3.63) is 0 Å². The predicted octanol–water partition coefficient (Wildman–Crippen LogP) is 2.08. The number of aliphatic imine (C=N–C) groups is 1. The summed E-state index contributed by atoms with van der Waals surface area (Å²) in [6.45, 7) is 5.58. The molecule has 0 aromatic carbocycles. The molecule has 0 aromatic rings. The first-order valence-corrected chi connectivity index (χ1v) is 11.1. The summed E-state index contributed by atoms with van der Waals surface area (Å²) in [6, 6.07) is 0.678. The van der Waals surface area contributed by atoms with E-state index in [1.54, 1.807) is 0 Å². The maximum atomic E-state index is 11.6. The molecule has 1 aliphatic carbocycles. The molecule has 0 bridgehead atoms. The molecule has 2 atom stereocenters. The van der Waals surface area contributed by atoms with Crippen molar-refractivity contribution in [1.82, 2.24) is 10.6 Å². The van der Waals surface area contributed by atoms with Gasteiger partial charge in [-0.3, -0.25) is 4.99 Å². The molecular formula is C17H32IN3O3S. The van der Waals surface area contributed by atoms with Crippen molar-refractivity contribution in [3.8, 4) is 0 Å². The molecule has 0 radical (unpaired) electrons. The summed E-state index contributed by atoms with van der Waals surface area (Å²) < 4.78 is 29.2. The Kier molecular flexibility index (Phi) is 7.41. The smallest absolute Gasteiger partial charge is 0.191 e. The summed E-state index contributed by atoms with van der Waals surface area (Å²) in [4.78, 5) is 4.69. The van der Waals surface area contributed by atoms with Crippen LogP contribution in [0, 0.1) is 5.92 Å². The summed E-state index contributed by atoms with van der Waals surface area (Å²) in [5.74, 6) is 1.58. The van der Waals surface area contributed by atoms with E-state index in [9.17, 15) is 8.42 Å². The van der Waals surface area contributed by atoms with E-state index in [-0.39, 0.29) is 41.2 Å². The largest absolute Gasteiger partial charge is 0.375 e. The first-order chi connectivity index (χ1) is 11.4. The Morgan fingerprint density at radius 1 is 1.32 bits per heavy atom. The minimum atomic E-state index is -2.83. The Labute approximate surface area is 168 Å². The van der Waals surface area contributed by atoms with E-state index in [4.69, 9.17) is 4.74 Å². The molecule has 2 saturated heterocycles. The van der Waals surface area contributed by atoms with Gasteiger partial charge in [-0.15, -0.1) is 24.0 Å². The first kappa shape index (κ1) is 21.2. The molecule has 6 nitrogen and oxygen atoms in total. The van der Waals surface area contributed by atoms with Crippen molar-refractivity contribution < 1.29 is 13.2 Å². The molecule has 2 aliphatic heterocycles. The van der Waals surface area contributed by atoms with Crippen LogP contribution in [0.1, 0.15) is 52.4 Å². The van der Waals surface area contributed by atoms with Crippen LogP contribution in [0.4, 0.5) is 0 Å². The molecule has 1 spiro atoms. The van der Waals surface area contributed by atoms with E-state index in [0.717, 1.165) is 31.8 Å². The van der Waals surface area contributed by atoms with Crippen LogP contribution in [-0.4, -0.2) is 56.7 Å². The number of hydrogen-bond donors (Lipinski definition) is 2. The van der Waals surface area contributed by atoms with Crippen molar-refractivity contribution in [2.24, 2.45) is 10.9 Å². The third kappa shape index (κ3) is 5.95. The van der Waals surface area contributed by atoms with E-state index < -0.39 is 9.84 Å². The van der Waals surface area contributed by atoms with Crippen LogP contribution in [0.2, 0.25) is 0 Å². The molecule has 25 heavy (non-hydrogen) atoms. The highest BCUT2D eigenvalue weighted by Gasteiger charge is 2.42. The van der Waals surface area contributed by atoms with Crippen LogP contribution in [0.3, 0.4) is 0 Å². The fraction of sp³-hybridized carbons (Fsp3) is 0.941. The number of halogens is 1. The molecule has 0 amide bonds. The van der Waals surface area contributed by atoms with Crippen molar-refractivity contribution in [2.75, 3.05) is 24.7 Å². The van der Waals surface area contributed by atoms with Gasteiger partial charge in [0.1, 0.15) is 0 Å². The first-order valence-electron chi connectivity index (χ1n) is 9.28. The number of nitrogens with zero attached hydrogens (tertiary/aromatic N) is 1. The monoisotopic (exact) mass is 485 g/mol. The van der Waals surface area contributed by atoms with E-state index in [1.807, 2.05) is 0 Å². The third-order valence-corrected chi connectivity index (χ3v) is 7.20. The second kappa shape index (κ2) is 8.73. The lowest BCUT2D eigenvalue weighted by molar-refractivity contribution is -0.134. The molecule has 3 fully saturated rings. The highest BCUT2D eigenvalue weighted by molar-refractivity contribution is 14.0. The van der Waals surface area contributed by atoms with Crippen LogP contribution in [0.5, 0.6) is 0 Å². The maximum Gasteiger partial charge on any atom is 0.191 e. The van der Waals surface area contributed by atoms with Gasteiger partial charge in [0.2, 0.25) is 0 Å². The lowest BCUT2D eigenvalue weighted by Gasteiger charge is -2.47. The summed E-state index contributed by atoms with van der Waals surface area (Å²) in [7, 11) is -2.83. The van der Waals surface area contributed by atoms with E-state index in [1.165, 1.54) is 19.3 Å². The number of hydrogen-bond acceptors (Lipinski definition) is 4. The van der Waals surface area contributed by atoms with Gasteiger partial charge in [0, 0.05) is 25.2 Å². The molecule has 0 aromatic heterocycles. The molecule has 3 rings (SSSR count). The van der Waals surface area contributed by atoms with Gasteiger partial charge in [0.05, 0.1) is 17.1 Å². The number of sulfone groups is 1. The number of rotatable bonds is 4. The summed E-state index contributed by atoms with van der Waals surface area (Å²) in [5.41, 5.74) is 0.110. The lowest BCUT2D eigenvalue weighted by Crippen LogP contribution is -2.54. The summed E-state index contributed by atoms with van der Waals surface area (Å²) >= 11 is 0. The van der Waals surface area contributed by atoms with Crippen LogP contribution in [-0.2, 0) is 14.6 Å². The van der Waals surface area contributed by atoms with Gasteiger partial charge in [-0.05, 0) is 58.3 Å². The van der Waals surface area contributed by atoms with E-state index in [2.05, 4.69) is 29.5 Å². The zero-order valence-electron chi connectivity index (χ0n) is 15.3. The number of nitrogens with one attached hydrogen (secondary N) is 2. The maximum absolute atomic E-state index is 11.6. The Hall–Kier alpha value is -0.0900. The van der Waals surface area contributed by atoms with Crippen molar-refractivity contribution in [3.63, 3.8) is 0 Å². The van der Waals surface area contributed by atoms with Gasteiger partial charge in [-0.2, -0.15) is 0 Å². The lowest BCUT2D eigenvalue weighted by atomic mass is 9.74. The van der Waals surface area contributed by atoms with Gasteiger partial charge in [-0.1, -0.05) is 0 Å². The Morgan fingerprint density at radius 2 is 2.08 bits per heavy atom. The molecule has 2 unspecified atom stereocenters. The molecule has 1 saturated carbocycles. The highest BCUT2D eigenvalue weighted by atomic mass is 127. The highest BCUT2D eigenvalue weighted by Crippen LogP contribution is 2.42. The molecule has 3 aliphatic rings. The number of ether oxygens (including phenoxy) is 1. The molecule has 2 heterocycles. The minimum Gasteiger partial charge on any atom is -0.375 e. The molecule has 2 N–H and O–H groups in total. The second-order valence-corrected chi connectivity index (χ2v) is 10.2. The topological polar surface area (TPSA) is 79.8 Å². The third-order valence-electron chi connectivity index (χ3n) is 5.36. The normalized spacial score (nSPS) is 30.6. The number of guanidine groups is 1. The van der Waals surface area contributed by atoms with Crippen molar-refractivity contribution >= 4 is 39.8 Å². The van der Waals surface area contributed by atoms with E-state index >= 15 is 0 Å². The zero-order valence-corrected chi connectivity index (χ0v) is 18.4. The quantitative estimate of drug-likeness (QED) is 0.362. The molecular weight excluding hydrogens is 453 g/mol. The predicted molar refractivity (Wildman–Crippen MR) is 111 cm³/mol. The molecule has 146 valence electrons. The van der Waals surface area contributed by atoms with Crippen LogP contribution < -0.4 is 10.6 Å². The van der Waals surface area contributed by atoms with Crippen LogP contribution in [0.15, 0.2) is 4.99 Å². The summed E-state index contributed by atoms with van der Waals surface area (Å²) in [5, 5.41) is 6.95. The van der Waals surface area contributed by atoms with Crippen molar-refractivity contribution in [2.45, 2.75) is 70.1 Å². The fourth-order valence-electron chi connectivity index (χ4n) is 3.91. The Bertz CT molecular complexity index is 576. The fourth-order valence-corrected chi connectivity index (χ4v) is 5.76. The zero-order chi connectivity index (χ0) is 17.2. The standard InChI is InChI=1S/C17H31N3O3S.HI/c1-13(2)19-16(18-11-14-5-9-24(21,22)12-14)20-15-4-8-23-17(10-15)6-3-7-17;/h13-15H,3-12H2,1-2H3,(H2,18,19,20);1H. The van der Waals surface area contributed by atoms with Crippen molar-refractivity contribution in [1.29, 1.82) is 0 Å². The Morgan fingerprint density at radius 3 is 2.64 bits per heavy atom. The minimum absolute atomic E-state index is 0. The average Bonchev–Trinajstić information content (AvgIpc) is 2.82. The summed E-state index contributed by atoms with van der Waals surface area (Å²) in [6.07, 6.45) is 6.40. The van der Waals surface area contributed by atoms with Gasteiger partial charge < -0.3 is 15.4 Å². The van der Waals surface area contributed by atoms with Gasteiger partial charge in [0.25, 0.3) is 0 Å². The van der Waals surface area contributed by atoms with Gasteiger partial charge in [-0.25, -0.2) is 8.42 Å². The average molecular weight is 485 g/mol. The Balaban J connectivity index is 0.00000225. The van der Waals surface area contributed by atoms with E-state index in [0.29, 0.717) is 24.4 Å².